The van der Waals surface area contributed by atoms with E-state index in [1.54, 1.807) is 12.1 Å². The lowest BCUT2D eigenvalue weighted by Gasteiger charge is -2.29. The van der Waals surface area contributed by atoms with Crippen LogP contribution in [-0.4, -0.2) is 26.3 Å². The molecule has 82 valence electrons. The third kappa shape index (κ3) is 2.02. The van der Waals surface area contributed by atoms with Crippen molar-refractivity contribution in [1.29, 1.82) is 5.26 Å². The highest BCUT2D eigenvalue weighted by molar-refractivity contribution is 5.64. The van der Waals surface area contributed by atoms with Gasteiger partial charge in [-0.2, -0.15) is 5.26 Å². The summed E-state index contributed by atoms with van der Waals surface area (Å²) in [6, 6.07) is 6.99. The summed E-state index contributed by atoms with van der Waals surface area (Å²) in [4.78, 5) is 12.4. The number of nitrogens with zero attached hydrogens (tertiary/aromatic N) is 3. The highest BCUT2D eigenvalue weighted by atomic mass is 16.5. The molecule has 1 saturated heterocycles. The first-order chi connectivity index (χ1) is 7.85. The summed E-state index contributed by atoms with van der Waals surface area (Å²) < 4.78 is 5.25. The molecule has 5 heteroatoms. The number of hydrogen-bond donors (Lipinski definition) is 0. The summed E-state index contributed by atoms with van der Waals surface area (Å²) in [5.74, 6) is 0. The lowest BCUT2D eigenvalue weighted by atomic mass is 10.1. The number of anilines is 1. The largest absolute Gasteiger partial charge is 0.378 e. The molecule has 0 atom stereocenters. The van der Waals surface area contributed by atoms with Gasteiger partial charge in [-0.25, -0.2) is 0 Å². The Morgan fingerprint density at radius 2 is 2.12 bits per heavy atom. The lowest BCUT2D eigenvalue weighted by Crippen LogP contribution is -2.36. The fourth-order valence-electron chi connectivity index (χ4n) is 1.75. The quantitative estimate of drug-likeness (QED) is 0.708. The van der Waals surface area contributed by atoms with Crippen molar-refractivity contribution in [3.05, 3.63) is 28.7 Å². The van der Waals surface area contributed by atoms with E-state index in [1.807, 2.05) is 0 Å². The first-order valence-corrected chi connectivity index (χ1v) is 5.05. The van der Waals surface area contributed by atoms with Gasteiger partial charge in [0.25, 0.3) is 0 Å². The van der Waals surface area contributed by atoms with Crippen molar-refractivity contribution in [2.75, 3.05) is 31.2 Å². The zero-order valence-corrected chi connectivity index (χ0v) is 8.72. The molecule has 0 radical (unpaired) electrons. The third-order valence-electron chi connectivity index (χ3n) is 2.56. The van der Waals surface area contributed by atoms with E-state index in [-0.39, 0.29) is 5.69 Å². The Kier molecular flexibility index (Phi) is 3.13. The number of hydrogen-bond acceptors (Lipinski definition) is 5. The summed E-state index contributed by atoms with van der Waals surface area (Å²) in [7, 11) is 0. The highest BCUT2D eigenvalue weighted by Crippen LogP contribution is 2.25. The van der Waals surface area contributed by atoms with Crippen LogP contribution in [0.3, 0.4) is 0 Å². The Morgan fingerprint density at radius 1 is 1.38 bits per heavy atom. The van der Waals surface area contributed by atoms with Gasteiger partial charge in [-0.15, -0.1) is 4.91 Å². The third-order valence-corrected chi connectivity index (χ3v) is 2.56. The van der Waals surface area contributed by atoms with E-state index in [0.717, 1.165) is 18.8 Å². The van der Waals surface area contributed by atoms with Crippen molar-refractivity contribution >= 4 is 11.4 Å². The van der Waals surface area contributed by atoms with Gasteiger partial charge in [0.1, 0.15) is 11.8 Å². The van der Waals surface area contributed by atoms with E-state index in [4.69, 9.17) is 10.00 Å². The molecule has 0 saturated carbocycles. The predicted molar refractivity (Wildman–Crippen MR) is 59.6 cm³/mol. The van der Waals surface area contributed by atoms with Gasteiger partial charge in [0.05, 0.1) is 24.5 Å². The van der Waals surface area contributed by atoms with Crippen LogP contribution in [0.4, 0.5) is 11.4 Å². The van der Waals surface area contributed by atoms with Crippen LogP contribution in [0.2, 0.25) is 0 Å². The van der Waals surface area contributed by atoms with E-state index >= 15 is 0 Å². The van der Waals surface area contributed by atoms with Crippen LogP contribution in [0, 0.1) is 16.2 Å². The van der Waals surface area contributed by atoms with E-state index in [0.29, 0.717) is 18.8 Å². The number of rotatable bonds is 2. The Morgan fingerprint density at radius 3 is 2.75 bits per heavy atom. The number of nitriles is 1. The molecule has 0 aliphatic carbocycles. The van der Waals surface area contributed by atoms with Crippen LogP contribution in [0.1, 0.15) is 5.56 Å². The van der Waals surface area contributed by atoms with Gasteiger partial charge in [-0.3, -0.25) is 0 Å². The van der Waals surface area contributed by atoms with Crippen LogP contribution in [-0.2, 0) is 4.74 Å². The molecule has 0 N–H and O–H groups in total. The molecule has 1 aliphatic heterocycles. The molecule has 1 aliphatic rings. The second kappa shape index (κ2) is 4.73. The van der Waals surface area contributed by atoms with E-state index in [2.05, 4.69) is 16.1 Å². The molecule has 0 unspecified atom stereocenters. The normalized spacial score (nSPS) is 15.6. The first kappa shape index (κ1) is 10.6. The second-order valence-corrected chi connectivity index (χ2v) is 3.50. The fourth-order valence-corrected chi connectivity index (χ4v) is 1.75. The Bertz CT molecular complexity index is 433. The molecule has 1 fully saturated rings. The molecule has 0 aromatic heterocycles. The predicted octanol–water partition coefficient (Wildman–Crippen LogP) is 1.79. The molecule has 0 amide bonds. The Labute approximate surface area is 93.2 Å². The maximum absolute atomic E-state index is 10.4. The summed E-state index contributed by atoms with van der Waals surface area (Å²) in [6.07, 6.45) is 0. The molecule has 0 bridgehead atoms. The summed E-state index contributed by atoms with van der Waals surface area (Å²) in [5, 5.41) is 11.8. The van der Waals surface area contributed by atoms with Crippen LogP contribution in [0.5, 0.6) is 0 Å². The van der Waals surface area contributed by atoms with E-state index in [9.17, 15) is 4.91 Å². The standard InChI is InChI=1S/C11H11N3O2/c12-8-9-7-10(13-15)1-2-11(9)14-3-5-16-6-4-14/h1-2,7H,3-6H2. The van der Waals surface area contributed by atoms with Crippen molar-refractivity contribution in [2.45, 2.75) is 0 Å². The average molecular weight is 217 g/mol. The van der Waals surface area contributed by atoms with Crippen LogP contribution >= 0.6 is 0 Å². The van der Waals surface area contributed by atoms with Crippen LogP contribution in [0.25, 0.3) is 0 Å². The summed E-state index contributed by atoms with van der Waals surface area (Å²) >= 11 is 0. The van der Waals surface area contributed by atoms with Crippen LogP contribution in [0.15, 0.2) is 23.4 Å². The number of benzene rings is 1. The van der Waals surface area contributed by atoms with E-state index in [1.165, 1.54) is 6.07 Å². The van der Waals surface area contributed by atoms with Gasteiger partial charge in [0.15, 0.2) is 0 Å². The number of nitroso groups, excluding NO2 is 1. The topological polar surface area (TPSA) is 65.7 Å². The molecule has 1 aromatic rings. The highest BCUT2D eigenvalue weighted by Gasteiger charge is 2.15. The monoisotopic (exact) mass is 217 g/mol. The SMILES string of the molecule is N#Cc1cc(N=O)ccc1N1CCOCC1. The Hall–Kier alpha value is -1.93. The van der Waals surface area contributed by atoms with Gasteiger partial charge in [0.2, 0.25) is 0 Å². The zero-order valence-electron chi connectivity index (χ0n) is 8.72. The van der Waals surface area contributed by atoms with Gasteiger partial charge in [0, 0.05) is 13.1 Å². The van der Waals surface area contributed by atoms with Crippen LogP contribution < -0.4 is 4.90 Å². The van der Waals surface area contributed by atoms with Crippen molar-refractivity contribution in [3.63, 3.8) is 0 Å². The maximum Gasteiger partial charge on any atom is 0.109 e. The average Bonchev–Trinajstić information content (AvgIpc) is 2.39. The van der Waals surface area contributed by atoms with Gasteiger partial charge >= 0.3 is 0 Å². The fraction of sp³-hybridized carbons (Fsp3) is 0.364. The molecule has 5 nitrogen and oxygen atoms in total. The van der Waals surface area contributed by atoms with Gasteiger partial charge in [-0.1, -0.05) is 0 Å². The smallest absolute Gasteiger partial charge is 0.109 e. The summed E-state index contributed by atoms with van der Waals surface area (Å²) in [6.45, 7) is 2.86. The van der Waals surface area contributed by atoms with Crippen molar-refractivity contribution in [3.8, 4) is 6.07 Å². The molecule has 16 heavy (non-hydrogen) atoms. The zero-order chi connectivity index (χ0) is 11.4. The number of ether oxygens (including phenoxy) is 1. The van der Waals surface area contributed by atoms with Gasteiger partial charge < -0.3 is 9.64 Å². The van der Waals surface area contributed by atoms with E-state index < -0.39 is 0 Å². The molecule has 2 rings (SSSR count). The minimum Gasteiger partial charge on any atom is -0.378 e. The second-order valence-electron chi connectivity index (χ2n) is 3.50. The maximum atomic E-state index is 10.4. The van der Waals surface area contributed by atoms with Crippen molar-refractivity contribution in [1.82, 2.24) is 0 Å². The molecule has 1 aromatic carbocycles. The molecule has 0 spiro atoms. The molecular formula is C11H11N3O2. The Balaban J connectivity index is 2.32. The number of morpholine rings is 1. The minimum absolute atomic E-state index is 0.286. The van der Waals surface area contributed by atoms with Crippen molar-refractivity contribution < 1.29 is 4.74 Å². The molecule has 1 heterocycles. The van der Waals surface area contributed by atoms with Gasteiger partial charge in [-0.05, 0) is 23.4 Å². The minimum atomic E-state index is 0.286. The lowest BCUT2D eigenvalue weighted by molar-refractivity contribution is 0.122. The van der Waals surface area contributed by atoms with Crippen molar-refractivity contribution in [2.24, 2.45) is 5.18 Å². The molecular weight excluding hydrogens is 206 g/mol. The summed E-state index contributed by atoms with van der Waals surface area (Å²) in [5.41, 5.74) is 1.62. The first-order valence-electron chi connectivity index (χ1n) is 5.05.